The number of hydrogen-bond donors (Lipinski definition) is 0. The van der Waals surface area contributed by atoms with E-state index in [0.29, 0.717) is 34.4 Å². The number of halogens is 2. The van der Waals surface area contributed by atoms with Gasteiger partial charge in [0, 0.05) is 11.1 Å². The van der Waals surface area contributed by atoms with Crippen molar-refractivity contribution >= 4 is 33.7 Å². The van der Waals surface area contributed by atoms with Crippen LogP contribution in [0, 0.1) is 30.1 Å². The van der Waals surface area contributed by atoms with Crippen molar-refractivity contribution in [2.75, 3.05) is 0 Å². The molecule has 1 aromatic carbocycles. The van der Waals surface area contributed by atoms with E-state index >= 15 is 0 Å². The Labute approximate surface area is 151 Å². The number of rotatable bonds is 3. The van der Waals surface area contributed by atoms with Gasteiger partial charge in [-0.25, -0.2) is 0 Å². The van der Waals surface area contributed by atoms with E-state index < -0.39 is 10.5 Å². The van der Waals surface area contributed by atoms with E-state index in [4.69, 9.17) is 29.6 Å². The van der Waals surface area contributed by atoms with E-state index in [1.807, 2.05) is 0 Å². The predicted molar refractivity (Wildman–Crippen MR) is 94.6 cm³/mol. The molecule has 0 atom stereocenters. The van der Waals surface area contributed by atoms with Gasteiger partial charge < -0.3 is 0 Å². The molecule has 0 amide bonds. The smallest absolute Gasteiger partial charge is 0.253 e. The maximum atomic E-state index is 12.2. The molecule has 24 heavy (non-hydrogen) atoms. The number of carbonyl (C=O) groups is 2. The normalized spacial score (nSPS) is 33.3. The summed E-state index contributed by atoms with van der Waals surface area (Å²) in [6.45, 7) is 0. The zero-order valence-corrected chi connectivity index (χ0v) is 14.8. The molecular formula is C20H18Cl2O2. The lowest BCUT2D eigenvalue weighted by atomic mass is 9.47. The summed E-state index contributed by atoms with van der Waals surface area (Å²) in [6, 6.07) is 3.27. The van der Waals surface area contributed by atoms with Crippen LogP contribution in [0.1, 0.15) is 70.4 Å². The summed E-state index contributed by atoms with van der Waals surface area (Å²) in [7, 11) is 0. The second kappa shape index (κ2) is 5.61. The lowest BCUT2D eigenvalue weighted by molar-refractivity contribution is -0.00574. The standard InChI is InChI=1S/C20H18Cl2O2/c1-2-14-3-4-15(18(21)23)17(16(14)19(22)24)20-8-11-5-12(9-20)7-13(6-11)10-20/h1,3-4,11-13H,5-10H2. The fourth-order valence-corrected chi connectivity index (χ4v) is 6.41. The van der Waals surface area contributed by atoms with Crippen LogP contribution in [0.5, 0.6) is 0 Å². The molecule has 4 saturated carbocycles. The van der Waals surface area contributed by atoms with Gasteiger partial charge in [-0.1, -0.05) is 5.92 Å². The first kappa shape index (κ1) is 16.2. The highest BCUT2D eigenvalue weighted by atomic mass is 35.5. The second-order valence-electron chi connectivity index (χ2n) is 7.80. The zero-order chi connectivity index (χ0) is 17.1. The molecule has 0 unspecified atom stereocenters. The van der Waals surface area contributed by atoms with Gasteiger partial charge in [-0.15, -0.1) is 6.42 Å². The van der Waals surface area contributed by atoms with Gasteiger partial charge in [0.05, 0.1) is 5.56 Å². The first-order valence-corrected chi connectivity index (χ1v) is 9.23. The summed E-state index contributed by atoms with van der Waals surface area (Å²) in [5.74, 6) is 4.56. The van der Waals surface area contributed by atoms with Crippen molar-refractivity contribution in [3.8, 4) is 12.3 Å². The van der Waals surface area contributed by atoms with Crippen LogP contribution < -0.4 is 0 Å². The lowest BCUT2D eigenvalue weighted by Gasteiger charge is -2.57. The first-order chi connectivity index (χ1) is 11.4. The molecule has 124 valence electrons. The highest BCUT2D eigenvalue weighted by Crippen LogP contribution is 2.61. The minimum absolute atomic E-state index is 0.179. The van der Waals surface area contributed by atoms with Crippen LogP contribution in [-0.4, -0.2) is 10.5 Å². The van der Waals surface area contributed by atoms with E-state index in [-0.39, 0.29) is 5.41 Å². The van der Waals surface area contributed by atoms with Crippen molar-refractivity contribution < 1.29 is 9.59 Å². The Morgan fingerprint density at radius 3 is 1.96 bits per heavy atom. The number of benzene rings is 1. The third-order valence-electron chi connectivity index (χ3n) is 6.34. The lowest BCUT2D eigenvalue weighted by Crippen LogP contribution is -2.49. The molecule has 0 N–H and O–H groups in total. The fraction of sp³-hybridized carbons (Fsp3) is 0.500. The summed E-state index contributed by atoms with van der Waals surface area (Å²) in [5.41, 5.74) is 1.75. The third kappa shape index (κ3) is 2.33. The van der Waals surface area contributed by atoms with Gasteiger partial charge in [0.1, 0.15) is 0 Å². The number of carbonyl (C=O) groups excluding carboxylic acids is 2. The van der Waals surface area contributed by atoms with E-state index in [9.17, 15) is 9.59 Å². The summed E-state index contributed by atoms with van der Waals surface area (Å²) in [6.07, 6.45) is 12.4. The Kier molecular flexibility index (Phi) is 3.79. The molecule has 4 aliphatic carbocycles. The van der Waals surface area contributed by atoms with Gasteiger partial charge in [0.25, 0.3) is 10.5 Å². The maximum Gasteiger partial charge on any atom is 0.253 e. The molecule has 4 aliphatic rings. The van der Waals surface area contributed by atoms with Crippen molar-refractivity contribution in [1.29, 1.82) is 0 Å². The zero-order valence-electron chi connectivity index (χ0n) is 13.3. The summed E-state index contributed by atoms with van der Waals surface area (Å²) >= 11 is 11.8. The average Bonchev–Trinajstić information content (AvgIpc) is 2.51. The molecule has 4 fully saturated rings. The summed E-state index contributed by atoms with van der Waals surface area (Å²) in [5, 5.41) is -1.13. The monoisotopic (exact) mass is 360 g/mol. The fourth-order valence-electron chi connectivity index (χ4n) is 6.06. The Morgan fingerprint density at radius 1 is 1.00 bits per heavy atom. The minimum atomic E-state index is -0.589. The van der Waals surface area contributed by atoms with E-state index in [0.717, 1.165) is 24.8 Å². The van der Waals surface area contributed by atoms with Gasteiger partial charge in [0.2, 0.25) is 0 Å². The van der Waals surface area contributed by atoms with Crippen LogP contribution in [0.25, 0.3) is 0 Å². The molecule has 0 radical (unpaired) electrons. The third-order valence-corrected chi connectivity index (χ3v) is 6.73. The quantitative estimate of drug-likeness (QED) is 0.567. The van der Waals surface area contributed by atoms with Crippen molar-refractivity contribution in [1.82, 2.24) is 0 Å². The Balaban J connectivity index is 1.98. The predicted octanol–water partition coefficient (Wildman–Crippen LogP) is 4.89. The highest BCUT2D eigenvalue weighted by Gasteiger charge is 2.53. The van der Waals surface area contributed by atoms with Crippen molar-refractivity contribution in [2.45, 2.75) is 43.9 Å². The van der Waals surface area contributed by atoms with E-state index in [1.165, 1.54) is 19.3 Å². The molecule has 0 saturated heterocycles. The first-order valence-electron chi connectivity index (χ1n) is 8.47. The number of terminal acetylenes is 1. The summed E-state index contributed by atoms with van der Waals surface area (Å²) < 4.78 is 0. The SMILES string of the molecule is C#Cc1ccc(C(=O)Cl)c(C23CC4CC(CC(C4)C2)C3)c1C(=O)Cl. The molecular weight excluding hydrogens is 343 g/mol. The molecule has 0 spiro atoms. The topological polar surface area (TPSA) is 34.1 Å². The Hall–Kier alpha value is -1.30. The highest BCUT2D eigenvalue weighted by molar-refractivity contribution is 6.69. The Bertz CT molecular complexity index is 752. The summed E-state index contributed by atoms with van der Waals surface area (Å²) in [4.78, 5) is 24.3. The van der Waals surface area contributed by atoms with Crippen LogP contribution in [0.3, 0.4) is 0 Å². The van der Waals surface area contributed by atoms with Crippen LogP contribution in [0.4, 0.5) is 0 Å². The van der Waals surface area contributed by atoms with Crippen molar-refractivity contribution in [2.24, 2.45) is 17.8 Å². The average molecular weight is 361 g/mol. The van der Waals surface area contributed by atoms with Crippen molar-refractivity contribution in [3.63, 3.8) is 0 Å². The molecule has 4 bridgehead atoms. The van der Waals surface area contributed by atoms with Crippen LogP contribution >= 0.6 is 23.2 Å². The van der Waals surface area contributed by atoms with Crippen LogP contribution in [0.15, 0.2) is 12.1 Å². The van der Waals surface area contributed by atoms with E-state index in [2.05, 4.69) is 5.92 Å². The molecule has 1 aromatic rings. The van der Waals surface area contributed by atoms with Gasteiger partial charge in [-0.3, -0.25) is 9.59 Å². The largest absolute Gasteiger partial charge is 0.276 e. The van der Waals surface area contributed by atoms with Gasteiger partial charge in [-0.2, -0.15) is 0 Å². The minimum Gasteiger partial charge on any atom is -0.276 e. The Morgan fingerprint density at radius 2 is 1.54 bits per heavy atom. The molecule has 0 aromatic heterocycles. The second-order valence-corrected chi connectivity index (χ2v) is 8.49. The van der Waals surface area contributed by atoms with Gasteiger partial charge >= 0.3 is 0 Å². The van der Waals surface area contributed by atoms with E-state index in [1.54, 1.807) is 12.1 Å². The van der Waals surface area contributed by atoms with Gasteiger partial charge in [0.15, 0.2) is 0 Å². The molecule has 0 heterocycles. The number of hydrogen-bond acceptors (Lipinski definition) is 2. The molecule has 4 heteroatoms. The maximum absolute atomic E-state index is 12.2. The van der Waals surface area contributed by atoms with Crippen LogP contribution in [-0.2, 0) is 5.41 Å². The van der Waals surface area contributed by atoms with Crippen molar-refractivity contribution in [3.05, 3.63) is 34.4 Å². The van der Waals surface area contributed by atoms with Crippen LogP contribution in [0.2, 0.25) is 0 Å². The molecule has 0 aliphatic heterocycles. The van der Waals surface area contributed by atoms with Gasteiger partial charge in [-0.05, 0) is 103 Å². The molecule has 5 rings (SSSR count). The molecule has 2 nitrogen and oxygen atoms in total.